The molecular weight excluding hydrogens is 418 g/mol. The summed E-state index contributed by atoms with van der Waals surface area (Å²) in [5, 5.41) is 0. The molecule has 1 fully saturated rings. The average Bonchev–Trinajstić information content (AvgIpc) is 2.81. The second-order valence-corrected chi connectivity index (χ2v) is 10.6. The van der Waals surface area contributed by atoms with Gasteiger partial charge in [0.2, 0.25) is 0 Å². The Morgan fingerprint density at radius 2 is 1.31 bits per heavy atom. The lowest BCUT2D eigenvalue weighted by atomic mass is 9.77. The van der Waals surface area contributed by atoms with E-state index in [-0.39, 0.29) is 0 Å². The molecule has 0 nitrogen and oxygen atoms in total. The molecule has 0 aromatic heterocycles. The molecule has 0 unspecified atom stereocenters. The molecule has 3 heteroatoms. The molecule has 0 spiro atoms. The number of hydrogen-bond acceptors (Lipinski definition) is 1. The summed E-state index contributed by atoms with van der Waals surface area (Å²) >= 11 is 0.610. The molecule has 0 bridgehead atoms. The highest BCUT2D eigenvalue weighted by Crippen LogP contribution is 2.38. The first-order valence-corrected chi connectivity index (χ1v) is 13.6. The minimum atomic E-state index is -2.35. The zero-order chi connectivity index (χ0) is 22.6. The molecule has 0 atom stereocenters. The molecule has 0 heterocycles. The maximum Gasteiger partial charge on any atom is 0.288 e. The van der Waals surface area contributed by atoms with Gasteiger partial charge >= 0.3 is 0 Å². The van der Waals surface area contributed by atoms with Crippen LogP contribution in [0.5, 0.6) is 0 Å². The van der Waals surface area contributed by atoms with Crippen molar-refractivity contribution in [2.45, 2.75) is 107 Å². The Morgan fingerprint density at radius 1 is 0.750 bits per heavy atom. The van der Waals surface area contributed by atoms with E-state index in [0.29, 0.717) is 16.7 Å². The number of benzene rings is 2. The van der Waals surface area contributed by atoms with Gasteiger partial charge < -0.3 is 0 Å². The van der Waals surface area contributed by atoms with Crippen molar-refractivity contribution in [3.05, 3.63) is 65.2 Å². The Morgan fingerprint density at radius 3 is 1.91 bits per heavy atom. The summed E-state index contributed by atoms with van der Waals surface area (Å²) in [5.41, 5.74) is 4.08. The molecule has 2 aromatic rings. The van der Waals surface area contributed by atoms with E-state index in [0.717, 1.165) is 24.7 Å². The zero-order valence-corrected chi connectivity index (χ0v) is 20.5. The van der Waals surface area contributed by atoms with Gasteiger partial charge in [-0.15, -0.1) is 0 Å². The van der Waals surface area contributed by atoms with Crippen molar-refractivity contribution in [2.75, 3.05) is 0 Å². The molecule has 0 saturated heterocycles. The highest BCUT2D eigenvalue weighted by atomic mass is 32.2. The molecule has 1 aliphatic carbocycles. The van der Waals surface area contributed by atoms with Crippen LogP contribution < -0.4 is 0 Å². The third-order valence-electron chi connectivity index (χ3n) is 7.11. The van der Waals surface area contributed by atoms with Crippen molar-refractivity contribution in [3.63, 3.8) is 0 Å². The summed E-state index contributed by atoms with van der Waals surface area (Å²) < 4.78 is 24.9. The maximum absolute atomic E-state index is 12.4. The molecular formula is C29H40F2S. The summed E-state index contributed by atoms with van der Waals surface area (Å²) in [6.07, 6.45) is 17.3. The van der Waals surface area contributed by atoms with E-state index in [1.165, 1.54) is 87.3 Å². The van der Waals surface area contributed by atoms with Crippen LogP contribution in [-0.4, -0.2) is 5.76 Å². The summed E-state index contributed by atoms with van der Waals surface area (Å²) in [6, 6.07) is 16.8. The number of rotatable bonds is 13. The molecule has 1 saturated carbocycles. The van der Waals surface area contributed by atoms with Crippen LogP contribution in [0.1, 0.15) is 100 Å². The van der Waals surface area contributed by atoms with Gasteiger partial charge in [0.05, 0.1) is 0 Å². The fraction of sp³-hybridized carbons (Fsp3) is 0.586. The topological polar surface area (TPSA) is 0 Å². The largest absolute Gasteiger partial charge is 0.288 e. The van der Waals surface area contributed by atoms with Crippen molar-refractivity contribution in [2.24, 2.45) is 5.92 Å². The Balaban J connectivity index is 1.36. The molecule has 0 N–H and O–H groups in total. The van der Waals surface area contributed by atoms with E-state index in [1.807, 2.05) is 12.1 Å². The van der Waals surface area contributed by atoms with Crippen molar-refractivity contribution in [1.82, 2.24) is 0 Å². The molecule has 0 radical (unpaired) electrons. The highest BCUT2D eigenvalue weighted by molar-refractivity contribution is 7.99. The van der Waals surface area contributed by atoms with Crippen molar-refractivity contribution >= 4 is 11.8 Å². The minimum absolute atomic E-state index is 0.610. The van der Waals surface area contributed by atoms with Crippen LogP contribution in [0.4, 0.5) is 8.78 Å². The van der Waals surface area contributed by atoms with Gasteiger partial charge in [-0.05, 0) is 79.2 Å². The van der Waals surface area contributed by atoms with Crippen LogP contribution in [-0.2, 0) is 12.8 Å². The standard InChI is InChI=1S/C29H40F2S/c1-2-3-4-5-6-7-8-23-11-17-26(18-12-23)27-19-13-24(14-20-27)9-10-25-15-21-28(22-16-25)32-29(30)31/h13-16,19-23,26,29H,2-12,17-18H2,1H3/t23-,26-. The second kappa shape index (κ2) is 14.0. The van der Waals surface area contributed by atoms with E-state index in [2.05, 4.69) is 31.2 Å². The van der Waals surface area contributed by atoms with E-state index in [1.54, 1.807) is 12.1 Å². The Kier molecular flexibility index (Phi) is 11.1. The van der Waals surface area contributed by atoms with Crippen LogP contribution in [0.15, 0.2) is 53.4 Å². The van der Waals surface area contributed by atoms with Crippen molar-refractivity contribution in [1.29, 1.82) is 0 Å². The Hall–Kier alpha value is -1.35. The fourth-order valence-corrected chi connectivity index (χ4v) is 5.58. The van der Waals surface area contributed by atoms with Crippen LogP contribution >= 0.6 is 11.8 Å². The molecule has 1 aliphatic rings. The molecule has 2 aromatic carbocycles. The zero-order valence-electron chi connectivity index (χ0n) is 19.7. The number of unbranched alkanes of at least 4 members (excludes halogenated alkanes) is 5. The number of hydrogen-bond donors (Lipinski definition) is 0. The number of halogens is 2. The molecule has 3 rings (SSSR count). The molecule has 32 heavy (non-hydrogen) atoms. The quantitative estimate of drug-likeness (QED) is 0.212. The van der Waals surface area contributed by atoms with E-state index < -0.39 is 5.76 Å². The van der Waals surface area contributed by atoms with Gasteiger partial charge in [0, 0.05) is 4.90 Å². The van der Waals surface area contributed by atoms with E-state index in [9.17, 15) is 8.78 Å². The lowest BCUT2D eigenvalue weighted by Crippen LogP contribution is -2.13. The molecule has 176 valence electrons. The second-order valence-electron chi connectivity index (χ2n) is 9.54. The summed E-state index contributed by atoms with van der Waals surface area (Å²) in [4.78, 5) is 0.634. The van der Waals surface area contributed by atoms with Gasteiger partial charge in [-0.3, -0.25) is 0 Å². The summed E-state index contributed by atoms with van der Waals surface area (Å²) in [5.74, 6) is -0.651. The van der Waals surface area contributed by atoms with E-state index >= 15 is 0 Å². The minimum Gasteiger partial charge on any atom is -0.198 e. The van der Waals surface area contributed by atoms with Crippen LogP contribution in [0.25, 0.3) is 0 Å². The first kappa shape index (κ1) is 25.3. The van der Waals surface area contributed by atoms with Crippen LogP contribution in [0, 0.1) is 5.92 Å². The first-order valence-electron chi connectivity index (χ1n) is 12.8. The van der Waals surface area contributed by atoms with Gasteiger partial charge in [0.15, 0.2) is 0 Å². The lowest BCUT2D eigenvalue weighted by Gasteiger charge is -2.29. The SMILES string of the molecule is CCCCCCCC[C@H]1CC[C@H](c2ccc(CCc3ccc(SC(F)F)cc3)cc2)CC1. The van der Waals surface area contributed by atoms with Crippen molar-refractivity contribution < 1.29 is 8.78 Å². The Bertz CT molecular complexity index is 746. The van der Waals surface area contributed by atoms with Gasteiger partial charge in [-0.1, -0.05) is 100 Å². The molecule has 0 amide bonds. The van der Waals surface area contributed by atoms with Gasteiger partial charge in [-0.2, -0.15) is 8.78 Å². The Labute approximate surface area is 198 Å². The normalized spacial score (nSPS) is 18.9. The average molecular weight is 459 g/mol. The van der Waals surface area contributed by atoms with Crippen LogP contribution in [0.2, 0.25) is 0 Å². The van der Waals surface area contributed by atoms with Gasteiger partial charge in [-0.25, -0.2) is 0 Å². The monoisotopic (exact) mass is 458 g/mol. The predicted octanol–water partition coefficient (Wildman–Crippen LogP) is 9.81. The van der Waals surface area contributed by atoms with Gasteiger partial charge in [0.1, 0.15) is 0 Å². The number of aryl methyl sites for hydroxylation is 2. The first-order chi connectivity index (χ1) is 15.6. The van der Waals surface area contributed by atoms with Crippen LogP contribution in [0.3, 0.4) is 0 Å². The third-order valence-corrected chi connectivity index (χ3v) is 7.84. The fourth-order valence-electron chi connectivity index (χ4n) is 5.08. The summed E-state index contributed by atoms with van der Waals surface area (Å²) in [6.45, 7) is 2.29. The molecule has 0 aliphatic heterocycles. The number of alkyl halides is 2. The lowest BCUT2D eigenvalue weighted by molar-refractivity contribution is 0.252. The third kappa shape index (κ3) is 8.89. The van der Waals surface area contributed by atoms with Crippen molar-refractivity contribution in [3.8, 4) is 0 Å². The smallest absolute Gasteiger partial charge is 0.198 e. The van der Waals surface area contributed by atoms with Gasteiger partial charge in [0.25, 0.3) is 5.76 Å². The summed E-state index contributed by atoms with van der Waals surface area (Å²) in [7, 11) is 0. The maximum atomic E-state index is 12.4. The highest BCUT2D eigenvalue weighted by Gasteiger charge is 2.22. The predicted molar refractivity (Wildman–Crippen MR) is 135 cm³/mol. The number of thioether (sulfide) groups is 1. The van der Waals surface area contributed by atoms with E-state index in [4.69, 9.17) is 0 Å².